The van der Waals surface area contributed by atoms with Crippen molar-refractivity contribution >= 4 is 5.91 Å². The first kappa shape index (κ1) is 8.16. The monoisotopic (exact) mass is 180 g/mol. The Morgan fingerprint density at radius 3 is 3.15 bits per heavy atom. The van der Waals surface area contributed by atoms with Gasteiger partial charge in [-0.15, -0.1) is 0 Å². The van der Waals surface area contributed by atoms with Crippen LogP contribution in [0.5, 0.6) is 0 Å². The zero-order valence-corrected chi connectivity index (χ0v) is 7.03. The molecule has 1 aromatic heterocycles. The summed E-state index contributed by atoms with van der Waals surface area (Å²) in [5, 5.41) is 0. The normalized spacial score (nSPS) is 14.8. The van der Waals surface area contributed by atoms with Gasteiger partial charge in [0.05, 0.1) is 0 Å². The van der Waals surface area contributed by atoms with Gasteiger partial charge in [-0.1, -0.05) is 0 Å². The Morgan fingerprint density at radius 1 is 1.62 bits per heavy atom. The lowest BCUT2D eigenvalue weighted by atomic mass is 10.2. The van der Waals surface area contributed by atoms with Crippen molar-refractivity contribution in [3.63, 3.8) is 0 Å². The highest BCUT2D eigenvalue weighted by Gasteiger charge is 2.26. The largest absolute Gasteiger partial charge is 0.332 e. The van der Waals surface area contributed by atoms with Crippen LogP contribution in [0.15, 0.2) is 18.5 Å². The van der Waals surface area contributed by atoms with Gasteiger partial charge in [-0.2, -0.15) is 0 Å². The van der Waals surface area contributed by atoms with E-state index in [0.29, 0.717) is 12.1 Å². The standard InChI is InChI=1S/C9H9FN2O/c10-2-4-12-6-7-5-11-3-1-8(7)9(12)13/h1,3,5H,2,4,6H2. The average molecular weight is 180 g/mol. The van der Waals surface area contributed by atoms with Crippen LogP contribution in [0, 0.1) is 0 Å². The first-order valence-electron chi connectivity index (χ1n) is 4.11. The van der Waals surface area contributed by atoms with Gasteiger partial charge in [-0.05, 0) is 6.07 Å². The summed E-state index contributed by atoms with van der Waals surface area (Å²) < 4.78 is 12.0. The fraction of sp³-hybridized carbons (Fsp3) is 0.333. The number of nitrogens with zero attached hydrogens (tertiary/aromatic N) is 2. The molecule has 0 unspecified atom stereocenters. The van der Waals surface area contributed by atoms with Crippen LogP contribution in [-0.4, -0.2) is 29.0 Å². The third-order valence-corrected chi connectivity index (χ3v) is 2.14. The molecule has 0 fully saturated rings. The number of hydrogen-bond acceptors (Lipinski definition) is 2. The van der Waals surface area contributed by atoms with Crippen molar-refractivity contribution < 1.29 is 9.18 Å². The van der Waals surface area contributed by atoms with Gasteiger partial charge in [-0.3, -0.25) is 9.78 Å². The van der Waals surface area contributed by atoms with Crippen LogP contribution in [0.4, 0.5) is 4.39 Å². The zero-order chi connectivity index (χ0) is 9.26. The number of amides is 1. The van der Waals surface area contributed by atoms with Crippen molar-refractivity contribution in [1.82, 2.24) is 9.88 Å². The summed E-state index contributed by atoms with van der Waals surface area (Å²) in [6.07, 6.45) is 3.24. The summed E-state index contributed by atoms with van der Waals surface area (Å²) in [6.45, 7) is 0.173. The molecule has 0 N–H and O–H groups in total. The highest BCUT2D eigenvalue weighted by atomic mass is 19.1. The Kier molecular flexibility index (Phi) is 1.96. The summed E-state index contributed by atoms with van der Waals surface area (Å²) >= 11 is 0. The Morgan fingerprint density at radius 2 is 2.46 bits per heavy atom. The van der Waals surface area contributed by atoms with E-state index in [1.165, 1.54) is 4.90 Å². The van der Waals surface area contributed by atoms with Gasteiger partial charge in [-0.25, -0.2) is 4.39 Å². The summed E-state index contributed by atoms with van der Waals surface area (Å²) in [6, 6.07) is 1.68. The topological polar surface area (TPSA) is 33.2 Å². The third kappa shape index (κ3) is 1.28. The van der Waals surface area contributed by atoms with Crippen molar-refractivity contribution in [2.75, 3.05) is 13.2 Å². The number of carbonyl (C=O) groups is 1. The molecule has 2 rings (SSSR count). The van der Waals surface area contributed by atoms with E-state index < -0.39 is 6.67 Å². The van der Waals surface area contributed by atoms with Gasteiger partial charge in [0, 0.05) is 36.6 Å². The van der Waals surface area contributed by atoms with Crippen molar-refractivity contribution in [2.24, 2.45) is 0 Å². The Hall–Kier alpha value is -1.45. The zero-order valence-electron chi connectivity index (χ0n) is 7.03. The van der Waals surface area contributed by atoms with Crippen LogP contribution in [0.1, 0.15) is 15.9 Å². The number of fused-ring (bicyclic) bond motifs is 1. The minimum atomic E-state index is -0.493. The van der Waals surface area contributed by atoms with Gasteiger partial charge >= 0.3 is 0 Å². The molecule has 0 radical (unpaired) electrons. The van der Waals surface area contributed by atoms with Crippen molar-refractivity contribution in [3.05, 3.63) is 29.6 Å². The Bertz CT molecular complexity index is 340. The number of alkyl halides is 1. The molecule has 4 heteroatoms. The minimum Gasteiger partial charge on any atom is -0.332 e. The summed E-state index contributed by atoms with van der Waals surface area (Å²) in [7, 11) is 0. The van der Waals surface area contributed by atoms with Gasteiger partial charge in [0.15, 0.2) is 0 Å². The van der Waals surface area contributed by atoms with Gasteiger partial charge in [0.25, 0.3) is 5.91 Å². The first-order chi connectivity index (χ1) is 6.33. The van der Waals surface area contributed by atoms with Crippen molar-refractivity contribution in [1.29, 1.82) is 0 Å². The average Bonchev–Trinajstić information content (AvgIpc) is 2.46. The second-order valence-electron chi connectivity index (χ2n) is 2.95. The fourth-order valence-electron chi connectivity index (χ4n) is 1.49. The quantitative estimate of drug-likeness (QED) is 0.680. The van der Waals surface area contributed by atoms with E-state index in [1.54, 1.807) is 18.5 Å². The van der Waals surface area contributed by atoms with Crippen LogP contribution in [-0.2, 0) is 6.54 Å². The van der Waals surface area contributed by atoms with Gasteiger partial charge in [0.2, 0.25) is 0 Å². The lowest BCUT2D eigenvalue weighted by molar-refractivity contribution is 0.0768. The SMILES string of the molecule is O=C1c2ccncc2CN1CCF. The molecule has 0 saturated heterocycles. The first-order valence-corrected chi connectivity index (χ1v) is 4.11. The second kappa shape index (κ2) is 3.12. The van der Waals surface area contributed by atoms with Gasteiger partial charge < -0.3 is 4.90 Å². The number of halogens is 1. The predicted molar refractivity (Wildman–Crippen MR) is 45.0 cm³/mol. The fourth-order valence-corrected chi connectivity index (χ4v) is 1.49. The van der Waals surface area contributed by atoms with Crippen LogP contribution < -0.4 is 0 Å². The molecule has 1 aliphatic heterocycles. The number of hydrogen-bond donors (Lipinski definition) is 0. The van der Waals surface area contributed by atoms with E-state index in [9.17, 15) is 9.18 Å². The molecule has 0 spiro atoms. The smallest absolute Gasteiger partial charge is 0.254 e. The van der Waals surface area contributed by atoms with Crippen molar-refractivity contribution in [3.8, 4) is 0 Å². The molecule has 0 bridgehead atoms. The van der Waals surface area contributed by atoms with E-state index >= 15 is 0 Å². The molecule has 0 aromatic carbocycles. The van der Waals surface area contributed by atoms with Crippen LogP contribution >= 0.6 is 0 Å². The lowest BCUT2D eigenvalue weighted by Gasteiger charge is -2.11. The van der Waals surface area contributed by atoms with Crippen LogP contribution in [0.2, 0.25) is 0 Å². The van der Waals surface area contributed by atoms with E-state index in [2.05, 4.69) is 4.98 Å². The number of aromatic nitrogens is 1. The van der Waals surface area contributed by atoms with Crippen LogP contribution in [0.25, 0.3) is 0 Å². The molecule has 3 nitrogen and oxygen atoms in total. The second-order valence-corrected chi connectivity index (χ2v) is 2.95. The third-order valence-electron chi connectivity index (χ3n) is 2.14. The highest BCUT2D eigenvalue weighted by Crippen LogP contribution is 2.20. The van der Waals surface area contributed by atoms with Crippen LogP contribution in [0.3, 0.4) is 0 Å². The summed E-state index contributed by atoms with van der Waals surface area (Å²) in [5.41, 5.74) is 1.55. The minimum absolute atomic E-state index is 0.0879. The molecule has 0 saturated carbocycles. The lowest BCUT2D eigenvalue weighted by Crippen LogP contribution is -2.25. The van der Waals surface area contributed by atoms with Crippen molar-refractivity contribution in [2.45, 2.75) is 6.54 Å². The molecule has 1 aliphatic rings. The summed E-state index contributed by atoms with van der Waals surface area (Å²) in [4.78, 5) is 16.9. The maximum absolute atomic E-state index is 12.0. The molecule has 13 heavy (non-hydrogen) atoms. The van der Waals surface area contributed by atoms with E-state index in [1.807, 2.05) is 0 Å². The molecule has 68 valence electrons. The molecular formula is C9H9FN2O. The molecular weight excluding hydrogens is 171 g/mol. The molecule has 2 heterocycles. The maximum Gasteiger partial charge on any atom is 0.254 e. The molecule has 1 aromatic rings. The van der Waals surface area contributed by atoms with E-state index in [0.717, 1.165) is 5.56 Å². The number of carbonyl (C=O) groups excluding carboxylic acids is 1. The highest BCUT2D eigenvalue weighted by molar-refractivity contribution is 5.98. The van der Waals surface area contributed by atoms with E-state index in [4.69, 9.17) is 0 Å². The van der Waals surface area contributed by atoms with Gasteiger partial charge in [0.1, 0.15) is 6.67 Å². The predicted octanol–water partition coefficient (Wildman–Crippen LogP) is 1.01. The summed E-state index contributed by atoms with van der Waals surface area (Å²) in [5.74, 6) is -0.0879. The Balaban J connectivity index is 2.28. The molecule has 0 atom stereocenters. The Labute approximate surface area is 75.2 Å². The number of pyridine rings is 1. The number of rotatable bonds is 2. The van der Waals surface area contributed by atoms with E-state index in [-0.39, 0.29) is 12.5 Å². The maximum atomic E-state index is 12.0. The molecule has 1 amide bonds. The molecule has 0 aliphatic carbocycles.